The SMILES string of the molecule is Cn1cc(C(C)(C)C(=O)O)c2ccc(-n3[nH]nnc3=S)cc21. The summed E-state index contributed by atoms with van der Waals surface area (Å²) in [5, 5.41) is 20.5. The Morgan fingerprint density at radius 2 is 2.14 bits per heavy atom. The first-order chi connectivity index (χ1) is 10.3. The number of hydrogen-bond donors (Lipinski definition) is 2. The van der Waals surface area contributed by atoms with Gasteiger partial charge in [-0.3, -0.25) is 4.79 Å². The highest BCUT2D eigenvalue weighted by Gasteiger charge is 2.32. The second kappa shape index (κ2) is 4.77. The van der Waals surface area contributed by atoms with E-state index in [1.807, 2.05) is 36.0 Å². The lowest BCUT2D eigenvalue weighted by atomic mass is 9.84. The Kier molecular flexibility index (Phi) is 3.13. The van der Waals surface area contributed by atoms with Gasteiger partial charge in [0, 0.05) is 18.6 Å². The van der Waals surface area contributed by atoms with Gasteiger partial charge >= 0.3 is 5.97 Å². The van der Waals surface area contributed by atoms with Crippen LogP contribution in [0, 0.1) is 4.77 Å². The van der Waals surface area contributed by atoms with Gasteiger partial charge in [0.15, 0.2) is 0 Å². The molecule has 0 aliphatic rings. The lowest BCUT2D eigenvalue weighted by molar-refractivity contribution is -0.142. The van der Waals surface area contributed by atoms with Crippen molar-refractivity contribution in [2.24, 2.45) is 7.05 Å². The summed E-state index contributed by atoms with van der Waals surface area (Å²) in [6.45, 7) is 3.40. The number of H-pyrrole nitrogens is 1. The van der Waals surface area contributed by atoms with Crippen molar-refractivity contribution in [3.63, 3.8) is 0 Å². The maximum atomic E-state index is 11.5. The smallest absolute Gasteiger partial charge is 0.313 e. The van der Waals surface area contributed by atoms with Crippen molar-refractivity contribution in [1.82, 2.24) is 24.8 Å². The molecule has 0 aliphatic carbocycles. The van der Waals surface area contributed by atoms with E-state index in [1.165, 1.54) is 0 Å². The van der Waals surface area contributed by atoms with E-state index in [-0.39, 0.29) is 0 Å². The normalized spacial score (nSPS) is 12.0. The molecule has 1 aromatic carbocycles. The number of aryl methyl sites for hydroxylation is 1. The van der Waals surface area contributed by atoms with E-state index in [0.29, 0.717) is 4.77 Å². The van der Waals surface area contributed by atoms with E-state index >= 15 is 0 Å². The van der Waals surface area contributed by atoms with E-state index in [9.17, 15) is 9.90 Å². The van der Waals surface area contributed by atoms with Gasteiger partial charge in [0.1, 0.15) is 0 Å². The molecular formula is C14H15N5O2S. The maximum Gasteiger partial charge on any atom is 0.313 e. The summed E-state index contributed by atoms with van der Waals surface area (Å²) < 4.78 is 3.83. The molecule has 0 fully saturated rings. The van der Waals surface area contributed by atoms with Crippen molar-refractivity contribution in [2.75, 3.05) is 0 Å². The Labute approximate surface area is 131 Å². The topological polar surface area (TPSA) is 88.7 Å². The van der Waals surface area contributed by atoms with Crippen LogP contribution in [0.5, 0.6) is 0 Å². The number of aromatic nitrogens is 5. The van der Waals surface area contributed by atoms with Crippen LogP contribution in [0.1, 0.15) is 19.4 Å². The minimum Gasteiger partial charge on any atom is -0.481 e. The molecule has 3 rings (SSSR count). The fraction of sp³-hybridized carbons (Fsp3) is 0.286. The zero-order chi connectivity index (χ0) is 16.1. The van der Waals surface area contributed by atoms with Crippen LogP contribution in [0.2, 0.25) is 0 Å². The summed E-state index contributed by atoms with van der Waals surface area (Å²) in [5.41, 5.74) is 1.52. The summed E-state index contributed by atoms with van der Waals surface area (Å²) in [6, 6.07) is 5.68. The minimum atomic E-state index is -0.965. The summed E-state index contributed by atoms with van der Waals surface area (Å²) in [7, 11) is 1.89. The van der Waals surface area contributed by atoms with E-state index in [1.54, 1.807) is 18.5 Å². The molecule has 0 radical (unpaired) electrons. The molecular weight excluding hydrogens is 302 g/mol. The highest BCUT2D eigenvalue weighted by Crippen LogP contribution is 2.32. The number of nitrogens with zero attached hydrogens (tertiary/aromatic N) is 4. The van der Waals surface area contributed by atoms with Gasteiger partial charge in [0.25, 0.3) is 0 Å². The number of carbonyl (C=O) groups is 1. The molecule has 0 amide bonds. The lowest BCUT2D eigenvalue weighted by Gasteiger charge is -2.18. The molecule has 114 valence electrons. The van der Waals surface area contributed by atoms with Crippen LogP contribution >= 0.6 is 12.2 Å². The monoisotopic (exact) mass is 317 g/mol. The van der Waals surface area contributed by atoms with Gasteiger partial charge in [0.05, 0.1) is 16.6 Å². The number of nitrogens with one attached hydrogen (secondary N) is 1. The van der Waals surface area contributed by atoms with E-state index < -0.39 is 11.4 Å². The van der Waals surface area contributed by atoms with Crippen molar-refractivity contribution in [2.45, 2.75) is 19.3 Å². The minimum absolute atomic E-state index is 0.333. The van der Waals surface area contributed by atoms with Crippen molar-refractivity contribution in [1.29, 1.82) is 0 Å². The van der Waals surface area contributed by atoms with Crippen molar-refractivity contribution < 1.29 is 9.90 Å². The average Bonchev–Trinajstić information content (AvgIpc) is 3.03. The molecule has 2 aromatic heterocycles. The predicted molar refractivity (Wildman–Crippen MR) is 83.7 cm³/mol. The van der Waals surface area contributed by atoms with Crippen LogP contribution < -0.4 is 0 Å². The number of fused-ring (bicyclic) bond motifs is 1. The summed E-state index contributed by atoms with van der Waals surface area (Å²) in [4.78, 5) is 11.5. The molecule has 0 spiro atoms. The first kappa shape index (κ1) is 14.5. The Balaban J connectivity index is 2.24. The number of tetrazole rings is 1. The second-order valence-corrected chi connectivity index (χ2v) is 6.07. The van der Waals surface area contributed by atoms with Crippen LogP contribution in [-0.4, -0.2) is 35.9 Å². The van der Waals surface area contributed by atoms with E-state index in [2.05, 4.69) is 15.5 Å². The fourth-order valence-electron chi connectivity index (χ4n) is 2.49. The number of aromatic amines is 1. The zero-order valence-corrected chi connectivity index (χ0v) is 13.2. The predicted octanol–water partition coefficient (Wildman–Crippen LogP) is 2.18. The molecule has 7 nitrogen and oxygen atoms in total. The molecule has 0 atom stereocenters. The third-order valence-corrected chi connectivity index (χ3v) is 4.18. The first-order valence-corrected chi connectivity index (χ1v) is 7.06. The van der Waals surface area contributed by atoms with Gasteiger partial charge in [-0.05, 0) is 43.8 Å². The maximum absolute atomic E-state index is 11.5. The number of benzene rings is 1. The van der Waals surface area contributed by atoms with Gasteiger partial charge in [-0.1, -0.05) is 16.4 Å². The number of carboxylic acids is 1. The summed E-state index contributed by atoms with van der Waals surface area (Å²) >= 11 is 5.10. The molecule has 0 bridgehead atoms. The zero-order valence-electron chi connectivity index (χ0n) is 12.4. The van der Waals surface area contributed by atoms with Crippen LogP contribution in [0.4, 0.5) is 0 Å². The van der Waals surface area contributed by atoms with E-state index in [0.717, 1.165) is 22.2 Å². The number of aliphatic carboxylic acids is 1. The molecule has 0 saturated carbocycles. The van der Waals surface area contributed by atoms with Gasteiger partial charge in [-0.2, -0.15) is 5.21 Å². The number of carboxylic acid groups (broad SMARTS) is 1. The van der Waals surface area contributed by atoms with Gasteiger partial charge < -0.3 is 9.67 Å². The second-order valence-electron chi connectivity index (χ2n) is 5.70. The molecule has 3 aromatic rings. The molecule has 2 N–H and O–H groups in total. The molecule has 0 saturated heterocycles. The Hall–Kier alpha value is -2.48. The first-order valence-electron chi connectivity index (χ1n) is 6.66. The largest absolute Gasteiger partial charge is 0.481 e. The van der Waals surface area contributed by atoms with Crippen LogP contribution in [0.25, 0.3) is 16.6 Å². The van der Waals surface area contributed by atoms with Crippen LogP contribution in [-0.2, 0) is 17.3 Å². The lowest BCUT2D eigenvalue weighted by Crippen LogP contribution is -2.28. The van der Waals surface area contributed by atoms with Gasteiger partial charge in [-0.25, -0.2) is 4.68 Å². The van der Waals surface area contributed by atoms with Crippen molar-refractivity contribution in [3.8, 4) is 5.69 Å². The number of rotatable bonds is 3. The van der Waals surface area contributed by atoms with E-state index in [4.69, 9.17) is 12.2 Å². The van der Waals surface area contributed by atoms with Crippen LogP contribution in [0.15, 0.2) is 24.4 Å². The average molecular weight is 317 g/mol. The Bertz CT molecular complexity index is 934. The number of hydrogen-bond acceptors (Lipinski definition) is 4. The Morgan fingerprint density at radius 1 is 1.41 bits per heavy atom. The highest BCUT2D eigenvalue weighted by atomic mass is 32.1. The molecule has 0 aliphatic heterocycles. The summed E-state index contributed by atoms with van der Waals surface area (Å²) in [6.07, 6.45) is 1.85. The van der Waals surface area contributed by atoms with Crippen molar-refractivity contribution in [3.05, 3.63) is 34.7 Å². The Morgan fingerprint density at radius 3 is 2.73 bits per heavy atom. The van der Waals surface area contributed by atoms with Crippen LogP contribution in [0.3, 0.4) is 0 Å². The third-order valence-electron chi connectivity index (χ3n) is 3.91. The van der Waals surface area contributed by atoms with Crippen molar-refractivity contribution >= 4 is 29.1 Å². The van der Waals surface area contributed by atoms with Gasteiger partial charge in [0.2, 0.25) is 4.77 Å². The molecule has 2 heterocycles. The fourth-order valence-corrected chi connectivity index (χ4v) is 2.68. The molecule has 8 heteroatoms. The highest BCUT2D eigenvalue weighted by molar-refractivity contribution is 7.71. The quantitative estimate of drug-likeness (QED) is 0.723. The third kappa shape index (κ3) is 2.03. The standard InChI is InChI=1S/C14H15N5O2S/c1-14(2,12(20)21)10-7-18(3)11-6-8(4-5-9(10)11)19-13(22)15-16-17-19/h4-7H,1-3H3,(H,20,21)(H,15,17,22). The van der Waals surface area contributed by atoms with Gasteiger partial charge in [-0.15, -0.1) is 0 Å². The summed E-state index contributed by atoms with van der Waals surface area (Å²) in [5.74, 6) is -0.857. The molecule has 0 unspecified atom stereocenters. The molecule has 22 heavy (non-hydrogen) atoms.